The summed E-state index contributed by atoms with van der Waals surface area (Å²) >= 11 is 3.53. The molecule has 90 valence electrons. The van der Waals surface area contributed by atoms with Gasteiger partial charge in [-0.25, -0.2) is 0 Å². The molecule has 0 unspecified atom stereocenters. The summed E-state index contributed by atoms with van der Waals surface area (Å²) in [6.07, 6.45) is 1.93. The lowest BCUT2D eigenvalue weighted by Crippen LogP contribution is -1.95. The molecule has 0 aliphatic carbocycles. The molecule has 18 heavy (non-hydrogen) atoms. The fraction of sp³-hybridized carbons (Fsp3) is 0.0667. The standard InChI is InChI=1S/C15H12BrNO/c16-13-9-14-12(6-7-17-14)8-15(13)18-10-11-4-2-1-3-5-11/h1-9,17H,10H2. The third-order valence-corrected chi connectivity index (χ3v) is 3.46. The van der Waals surface area contributed by atoms with Crippen LogP contribution in [0.3, 0.4) is 0 Å². The number of H-pyrrole nitrogens is 1. The first kappa shape index (κ1) is 11.4. The second-order valence-electron chi connectivity index (χ2n) is 4.12. The highest BCUT2D eigenvalue weighted by molar-refractivity contribution is 9.10. The summed E-state index contributed by atoms with van der Waals surface area (Å²) in [4.78, 5) is 3.18. The van der Waals surface area contributed by atoms with Gasteiger partial charge in [0.05, 0.1) is 4.47 Å². The van der Waals surface area contributed by atoms with Crippen LogP contribution in [0, 0.1) is 0 Å². The molecule has 1 N–H and O–H groups in total. The minimum absolute atomic E-state index is 0.579. The number of hydrogen-bond donors (Lipinski definition) is 1. The Bertz CT molecular complexity index is 661. The molecule has 3 heteroatoms. The van der Waals surface area contributed by atoms with Gasteiger partial charge in [-0.05, 0) is 39.7 Å². The van der Waals surface area contributed by atoms with E-state index in [-0.39, 0.29) is 0 Å². The number of benzene rings is 2. The molecule has 0 aliphatic heterocycles. The third-order valence-electron chi connectivity index (χ3n) is 2.84. The first-order valence-corrected chi connectivity index (χ1v) is 6.55. The minimum Gasteiger partial charge on any atom is -0.488 e. The van der Waals surface area contributed by atoms with Gasteiger partial charge >= 0.3 is 0 Å². The molecule has 0 radical (unpaired) electrons. The van der Waals surface area contributed by atoms with Crippen LogP contribution in [-0.2, 0) is 6.61 Å². The molecule has 1 aromatic heterocycles. The fourth-order valence-electron chi connectivity index (χ4n) is 1.90. The lowest BCUT2D eigenvalue weighted by Gasteiger charge is -2.08. The average Bonchev–Trinajstić information content (AvgIpc) is 2.84. The van der Waals surface area contributed by atoms with Gasteiger partial charge in [0.2, 0.25) is 0 Å². The van der Waals surface area contributed by atoms with Gasteiger partial charge in [0.15, 0.2) is 0 Å². The molecule has 0 amide bonds. The van der Waals surface area contributed by atoms with Crippen LogP contribution in [-0.4, -0.2) is 4.98 Å². The Morgan fingerprint density at radius 2 is 1.89 bits per heavy atom. The molecule has 3 aromatic rings. The molecular weight excluding hydrogens is 290 g/mol. The molecule has 2 nitrogen and oxygen atoms in total. The van der Waals surface area contributed by atoms with E-state index in [0.717, 1.165) is 21.1 Å². The van der Waals surface area contributed by atoms with Crippen LogP contribution in [0.25, 0.3) is 10.9 Å². The zero-order chi connectivity index (χ0) is 12.4. The van der Waals surface area contributed by atoms with Crippen molar-refractivity contribution >= 4 is 26.8 Å². The number of halogens is 1. The highest BCUT2D eigenvalue weighted by Crippen LogP contribution is 2.30. The van der Waals surface area contributed by atoms with Gasteiger partial charge in [0.1, 0.15) is 12.4 Å². The van der Waals surface area contributed by atoms with Crippen LogP contribution in [0.2, 0.25) is 0 Å². The van der Waals surface area contributed by atoms with E-state index in [0.29, 0.717) is 6.61 Å². The van der Waals surface area contributed by atoms with Crippen LogP contribution in [0.15, 0.2) is 59.2 Å². The number of aromatic nitrogens is 1. The van der Waals surface area contributed by atoms with Crippen LogP contribution < -0.4 is 4.74 Å². The number of ether oxygens (including phenoxy) is 1. The Labute approximate surface area is 114 Å². The maximum atomic E-state index is 5.84. The molecular formula is C15H12BrNO. The lowest BCUT2D eigenvalue weighted by molar-refractivity contribution is 0.304. The Kier molecular flexibility index (Phi) is 3.07. The fourth-order valence-corrected chi connectivity index (χ4v) is 2.36. The average molecular weight is 302 g/mol. The first-order chi connectivity index (χ1) is 8.83. The molecule has 0 atom stereocenters. The van der Waals surface area contributed by atoms with E-state index >= 15 is 0 Å². The summed E-state index contributed by atoms with van der Waals surface area (Å²) in [5.41, 5.74) is 2.27. The summed E-state index contributed by atoms with van der Waals surface area (Å²) in [5, 5.41) is 1.15. The number of rotatable bonds is 3. The van der Waals surface area contributed by atoms with Gasteiger partial charge in [0.25, 0.3) is 0 Å². The normalized spacial score (nSPS) is 10.7. The van der Waals surface area contributed by atoms with Crippen molar-refractivity contribution in [2.24, 2.45) is 0 Å². The maximum absolute atomic E-state index is 5.84. The smallest absolute Gasteiger partial charge is 0.134 e. The van der Waals surface area contributed by atoms with E-state index in [9.17, 15) is 0 Å². The van der Waals surface area contributed by atoms with Gasteiger partial charge in [0, 0.05) is 17.1 Å². The van der Waals surface area contributed by atoms with Crippen molar-refractivity contribution in [2.45, 2.75) is 6.61 Å². The molecule has 0 fully saturated rings. The van der Waals surface area contributed by atoms with Crippen molar-refractivity contribution < 1.29 is 4.74 Å². The molecule has 3 rings (SSSR count). The van der Waals surface area contributed by atoms with Crippen LogP contribution in [0.4, 0.5) is 0 Å². The van der Waals surface area contributed by atoms with Gasteiger partial charge in [-0.1, -0.05) is 30.3 Å². The minimum atomic E-state index is 0.579. The molecule has 0 aliphatic rings. The van der Waals surface area contributed by atoms with Crippen LogP contribution in [0.1, 0.15) is 5.56 Å². The number of fused-ring (bicyclic) bond motifs is 1. The summed E-state index contributed by atoms with van der Waals surface area (Å²) in [5.74, 6) is 0.867. The van der Waals surface area contributed by atoms with Crippen LogP contribution in [0.5, 0.6) is 5.75 Å². The van der Waals surface area contributed by atoms with Gasteiger partial charge in [-0.3, -0.25) is 0 Å². The highest BCUT2D eigenvalue weighted by Gasteiger charge is 2.05. The first-order valence-electron chi connectivity index (χ1n) is 5.76. The Balaban J connectivity index is 1.84. The van der Waals surface area contributed by atoms with Crippen molar-refractivity contribution in [1.82, 2.24) is 4.98 Å². The second-order valence-corrected chi connectivity index (χ2v) is 4.98. The van der Waals surface area contributed by atoms with E-state index in [1.54, 1.807) is 0 Å². The van der Waals surface area contributed by atoms with E-state index in [1.807, 2.05) is 42.6 Å². The molecule has 0 saturated heterocycles. The Hall–Kier alpha value is -1.74. The van der Waals surface area contributed by atoms with Crippen LogP contribution >= 0.6 is 15.9 Å². The largest absolute Gasteiger partial charge is 0.488 e. The molecule has 0 spiro atoms. The van der Waals surface area contributed by atoms with Gasteiger partial charge in [-0.2, -0.15) is 0 Å². The summed E-state index contributed by atoms with van der Waals surface area (Å²) < 4.78 is 6.81. The predicted molar refractivity (Wildman–Crippen MR) is 76.8 cm³/mol. The van der Waals surface area contributed by atoms with Gasteiger partial charge in [-0.15, -0.1) is 0 Å². The van der Waals surface area contributed by atoms with Crippen molar-refractivity contribution in [2.75, 3.05) is 0 Å². The van der Waals surface area contributed by atoms with Crippen molar-refractivity contribution in [3.05, 3.63) is 64.8 Å². The van der Waals surface area contributed by atoms with E-state index in [4.69, 9.17) is 4.74 Å². The molecule has 0 bridgehead atoms. The predicted octanol–water partition coefficient (Wildman–Crippen LogP) is 4.51. The SMILES string of the molecule is Brc1cc2[nH]ccc2cc1OCc1ccccc1. The number of hydrogen-bond acceptors (Lipinski definition) is 1. The number of aromatic amines is 1. The zero-order valence-corrected chi connectivity index (χ0v) is 11.3. The van der Waals surface area contributed by atoms with Crippen molar-refractivity contribution in [3.63, 3.8) is 0 Å². The highest BCUT2D eigenvalue weighted by atomic mass is 79.9. The van der Waals surface area contributed by atoms with E-state index in [2.05, 4.69) is 33.0 Å². The topological polar surface area (TPSA) is 25.0 Å². The maximum Gasteiger partial charge on any atom is 0.134 e. The third kappa shape index (κ3) is 2.27. The van der Waals surface area contributed by atoms with Crippen molar-refractivity contribution in [1.29, 1.82) is 0 Å². The van der Waals surface area contributed by atoms with Crippen molar-refractivity contribution in [3.8, 4) is 5.75 Å². The molecule has 1 heterocycles. The van der Waals surface area contributed by atoms with Gasteiger partial charge < -0.3 is 9.72 Å². The Morgan fingerprint density at radius 3 is 2.72 bits per heavy atom. The van der Waals surface area contributed by atoms with E-state index in [1.165, 1.54) is 5.56 Å². The number of nitrogens with one attached hydrogen (secondary N) is 1. The summed E-state index contributed by atoms with van der Waals surface area (Å²) in [6.45, 7) is 0.579. The summed E-state index contributed by atoms with van der Waals surface area (Å²) in [7, 11) is 0. The molecule has 2 aromatic carbocycles. The Morgan fingerprint density at radius 1 is 1.06 bits per heavy atom. The van der Waals surface area contributed by atoms with E-state index < -0.39 is 0 Å². The lowest BCUT2D eigenvalue weighted by atomic mass is 10.2. The zero-order valence-electron chi connectivity index (χ0n) is 9.69. The quantitative estimate of drug-likeness (QED) is 0.756. The molecule has 0 saturated carbocycles. The summed E-state index contributed by atoms with van der Waals surface area (Å²) in [6, 6.07) is 16.3. The second kappa shape index (κ2) is 4.86. The monoisotopic (exact) mass is 301 g/mol.